The van der Waals surface area contributed by atoms with Crippen LogP contribution in [0.2, 0.25) is 0 Å². The number of rotatable bonds is 6. The van der Waals surface area contributed by atoms with Crippen LogP contribution in [0.1, 0.15) is 6.42 Å². The zero-order chi connectivity index (χ0) is 19.2. The van der Waals surface area contributed by atoms with E-state index >= 15 is 0 Å². The van der Waals surface area contributed by atoms with Crippen molar-refractivity contribution in [2.45, 2.75) is 6.42 Å². The van der Waals surface area contributed by atoms with E-state index in [4.69, 9.17) is 9.47 Å². The van der Waals surface area contributed by atoms with Crippen LogP contribution in [0.5, 0.6) is 11.5 Å². The molecule has 27 heavy (non-hydrogen) atoms. The lowest BCUT2D eigenvalue weighted by molar-refractivity contribution is -0.117. The molecule has 2 N–H and O–H groups in total. The number of anilines is 2. The first-order valence-corrected chi connectivity index (χ1v) is 8.73. The van der Waals surface area contributed by atoms with E-state index in [9.17, 15) is 9.59 Å². The van der Waals surface area contributed by atoms with Crippen molar-refractivity contribution < 1.29 is 19.1 Å². The van der Waals surface area contributed by atoms with Crippen molar-refractivity contribution in [3.63, 3.8) is 0 Å². The number of hydrogen-bond donors (Lipinski definition) is 2. The van der Waals surface area contributed by atoms with E-state index in [-0.39, 0.29) is 17.9 Å². The second kappa shape index (κ2) is 8.44. The molecule has 1 aliphatic rings. The van der Waals surface area contributed by atoms with Gasteiger partial charge >= 0.3 is 6.03 Å². The van der Waals surface area contributed by atoms with Crippen molar-refractivity contribution in [3.8, 4) is 11.5 Å². The minimum absolute atomic E-state index is 0.0654. The summed E-state index contributed by atoms with van der Waals surface area (Å²) in [5.74, 6) is 1.13. The first-order valence-electron chi connectivity index (χ1n) is 8.73. The normalized spacial score (nSPS) is 16.1. The molecular formula is C20H23N3O4. The predicted octanol–water partition coefficient (Wildman–Crippen LogP) is 2.88. The lowest BCUT2D eigenvalue weighted by Crippen LogP contribution is -2.34. The maximum atomic E-state index is 12.3. The summed E-state index contributed by atoms with van der Waals surface area (Å²) in [6.07, 6.45) is 0.414. The third-order valence-corrected chi connectivity index (χ3v) is 4.48. The predicted molar refractivity (Wildman–Crippen MR) is 103 cm³/mol. The van der Waals surface area contributed by atoms with Gasteiger partial charge < -0.3 is 25.0 Å². The van der Waals surface area contributed by atoms with Gasteiger partial charge in [0, 0.05) is 31.1 Å². The minimum Gasteiger partial charge on any atom is -0.493 e. The van der Waals surface area contributed by atoms with E-state index in [1.807, 2.05) is 30.3 Å². The Labute approximate surface area is 158 Å². The second-order valence-corrected chi connectivity index (χ2v) is 6.29. The van der Waals surface area contributed by atoms with Crippen LogP contribution in [0.3, 0.4) is 0 Å². The van der Waals surface area contributed by atoms with E-state index < -0.39 is 0 Å². The number of nitrogens with one attached hydrogen (secondary N) is 2. The number of carbonyl (C=O) groups is 2. The van der Waals surface area contributed by atoms with E-state index in [0.29, 0.717) is 36.7 Å². The molecule has 0 unspecified atom stereocenters. The van der Waals surface area contributed by atoms with Gasteiger partial charge in [-0.15, -0.1) is 0 Å². The van der Waals surface area contributed by atoms with Crippen LogP contribution in [0.25, 0.3) is 0 Å². The molecular weight excluding hydrogens is 346 g/mol. The molecule has 1 fully saturated rings. The first-order chi connectivity index (χ1) is 13.1. The van der Waals surface area contributed by atoms with Crippen molar-refractivity contribution in [1.29, 1.82) is 0 Å². The second-order valence-electron chi connectivity index (χ2n) is 6.29. The highest BCUT2D eigenvalue weighted by atomic mass is 16.5. The van der Waals surface area contributed by atoms with Gasteiger partial charge in [0.25, 0.3) is 0 Å². The summed E-state index contributed by atoms with van der Waals surface area (Å²) in [6, 6.07) is 14.5. The van der Waals surface area contributed by atoms with Crippen LogP contribution in [0.15, 0.2) is 48.5 Å². The molecule has 142 valence electrons. The number of benzene rings is 2. The molecule has 1 saturated heterocycles. The number of para-hydroxylation sites is 2. The summed E-state index contributed by atoms with van der Waals surface area (Å²) in [6.45, 7) is 0.999. The average Bonchev–Trinajstić information content (AvgIpc) is 3.07. The molecule has 7 nitrogen and oxygen atoms in total. The third kappa shape index (κ3) is 4.31. The monoisotopic (exact) mass is 369 g/mol. The molecule has 2 aromatic rings. The van der Waals surface area contributed by atoms with Gasteiger partial charge in [0.05, 0.1) is 19.9 Å². The number of carbonyl (C=O) groups excluding carboxylic acids is 2. The van der Waals surface area contributed by atoms with Crippen molar-refractivity contribution in [2.75, 3.05) is 37.5 Å². The highest BCUT2D eigenvalue weighted by Crippen LogP contribution is 2.34. The van der Waals surface area contributed by atoms with E-state index in [2.05, 4.69) is 10.6 Å². The van der Waals surface area contributed by atoms with Gasteiger partial charge in [0.15, 0.2) is 11.5 Å². The van der Waals surface area contributed by atoms with Crippen LogP contribution in [-0.4, -0.2) is 39.2 Å². The summed E-state index contributed by atoms with van der Waals surface area (Å²) in [7, 11) is 3.06. The summed E-state index contributed by atoms with van der Waals surface area (Å²) in [5, 5.41) is 5.59. The lowest BCUT2D eigenvalue weighted by atomic mass is 10.1. The Kier molecular flexibility index (Phi) is 5.80. The van der Waals surface area contributed by atoms with Crippen LogP contribution < -0.4 is 25.0 Å². The van der Waals surface area contributed by atoms with Crippen molar-refractivity contribution in [1.82, 2.24) is 5.32 Å². The molecule has 0 aromatic heterocycles. The molecule has 2 aromatic carbocycles. The average molecular weight is 369 g/mol. The van der Waals surface area contributed by atoms with E-state index in [1.165, 1.54) is 14.2 Å². The number of ether oxygens (including phenoxy) is 2. The minimum atomic E-state index is -0.354. The topological polar surface area (TPSA) is 79.9 Å². The van der Waals surface area contributed by atoms with Gasteiger partial charge in [-0.1, -0.05) is 24.3 Å². The smallest absolute Gasteiger partial charge is 0.319 e. The maximum Gasteiger partial charge on any atom is 0.319 e. The Bertz CT molecular complexity index is 810. The number of urea groups is 1. The Morgan fingerprint density at radius 2 is 1.89 bits per heavy atom. The van der Waals surface area contributed by atoms with Crippen molar-refractivity contribution >= 4 is 23.3 Å². The highest BCUT2D eigenvalue weighted by Gasteiger charge is 2.30. The number of nitrogens with zero attached hydrogens (tertiary/aromatic N) is 1. The van der Waals surface area contributed by atoms with E-state index in [0.717, 1.165) is 5.69 Å². The zero-order valence-corrected chi connectivity index (χ0v) is 15.4. The molecule has 0 saturated carbocycles. The molecule has 0 aliphatic carbocycles. The first kappa shape index (κ1) is 18.6. The Hall–Kier alpha value is -3.22. The Balaban J connectivity index is 1.55. The maximum absolute atomic E-state index is 12.3. The molecule has 0 bridgehead atoms. The SMILES string of the molecule is COc1cccc(NC(=O)NC[C@@H]2CC(=O)N(c3ccccc3)C2)c1OC. The van der Waals surface area contributed by atoms with E-state index in [1.54, 1.807) is 23.1 Å². The fourth-order valence-corrected chi connectivity index (χ4v) is 3.16. The third-order valence-electron chi connectivity index (χ3n) is 4.48. The summed E-state index contributed by atoms with van der Waals surface area (Å²) in [5.41, 5.74) is 1.40. The molecule has 1 atom stereocenters. The molecule has 0 radical (unpaired) electrons. The van der Waals surface area contributed by atoms with Gasteiger partial charge in [-0.3, -0.25) is 4.79 Å². The van der Waals surface area contributed by atoms with Gasteiger partial charge in [0.1, 0.15) is 0 Å². The number of hydrogen-bond acceptors (Lipinski definition) is 4. The fourth-order valence-electron chi connectivity index (χ4n) is 3.16. The standard InChI is InChI=1S/C20H23N3O4/c1-26-17-10-6-9-16(19(17)27-2)22-20(25)21-12-14-11-18(24)23(13-14)15-7-4-3-5-8-15/h3-10,14H,11-13H2,1-2H3,(H2,21,22,25)/t14-/m0/s1. The van der Waals surface area contributed by atoms with Crippen molar-refractivity contribution in [3.05, 3.63) is 48.5 Å². The zero-order valence-electron chi connectivity index (χ0n) is 15.4. The molecule has 3 amide bonds. The number of methoxy groups -OCH3 is 2. The van der Waals surface area contributed by atoms with Crippen molar-refractivity contribution in [2.24, 2.45) is 5.92 Å². The molecule has 1 heterocycles. The Morgan fingerprint density at radius 1 is 1.11 bits per heavy atom. The van der Waals surface area contributed by atoms with Gasteiger partial charge in [-0.2, -0.15) is 0 Å². The highest BCUT2D eigenvalue weighted by molar-refractivity contribution is 5.96. The quantitative estimate of drug-likeness (QED) is 0.821. The molecule has 1 aliphatic heterocycles. The van der Waals surface area contributed by atoms with Crippen LogP contribution in [-0.2, 0) is 4.79 Å². The van der Waals surface area contributed by atoms with Gasteiger partial charge in [-0.05, 0) is 24.3 Å². The van der Waals surface area contributed by atoms with Crippen LogP contribution in [0.4, 0.5) is 16.2 Å². The number of amides is 3. The summed E-state index contributed by atoms with van der Waals surface area (Å²) in [4.78, 5) is 26.3. The summed E-state index contributed by atoms with van der Waals surface area (Å²) < 4.78 is 10.5. The molecule has 3 rings (SSSR count). The van der Waals surface area contributed by atoms with Crippen LogP contribution >= 0.6 is 0 Å². The van der Waals surface area contributed by atoms with Crippen LogP contribution in [0, 0.1) is 5.92 Å². The molecule has 0 spiro atoms. The summed E-state index contributed by atoms with van der Waals surface area (Å²) >= 11 is 0. The lowest BCUT2D eigenvalue weighted by Gasteiger charge is -2.17. The Morgan fingerprint density at radius 3 is 2.59 bits per heavy atom. The van der Waals surface area contributed by atoms with Gasteiger partial charge in [-0.25, -0.2) is 4.79 Å². The van der Waals surface area contributed by atoms with Gasteiger partial charge in [0.2, 0.25) is 5.91 Å². The molecule has 7 heteroatoms. The largest absolute Gasteiger partial charge is 0.493 e. The fraction of sp³-hybridized carbons (Fsp3) is 0.300.